The molecule has 0 bridgehead atoms. The van der Waals surface area contributed by atoms with Crippen molar-refractivity contribution in [1.29, 1.82) is 0 Å². The van der Waals surface area contributed by atoms with Gasteiger partial charge in [0, 0.05) is 18.5 Å². The van der Waals surface area contributed by atoms with Crippen molar-refractivity contribution < 1.29 is 14.3 Å². The van der Waals surface area contributed by atoms with Crippen molar-refractivity contribution >= 4 is 47.2 Å². The third kappa shape index (κ3) is 3.82. The normalized spacial score (nSPS) is 19.5. The van der Waals surface area contributed by atoms with Gasteiger partial charge in [-0.15, -0.1) is 12.4 Å². The Hall–Kier alpha value is -1.50. The van der Waals surface area contributed by atoms with Gasteiger partial charge in [-0.1, -0.05) is 11.6 Å². The van der Waals surface area contributed by atoms with Gasteiger partial charge in [0.2, 0.25) is 5.91 Å². The summed E-state index contributed by atoms with van der Waals surface area (Å²) in [4.78, 5) is 23.3. The first-order chi connectivity index (χ1) is 10.1. The maximum atomic E-state index is 12.0. The first-order valence-corrected chi connectivity index (χ1v) is 7.29. The van der Waals surface area contributed by atoms with Gasteiger partial charge < -0.3 is 20.7 Å². The number of hydrogen-bond donors (Lipinski definition) is 3. The molecule has 1 aromatic carbocycles. The predicted molar refractivity (Wildman–Crippen MR) is 87.1 cm³/mol. The van der Waals surface area contributed by atoms with Gasteiger partial charge in [0.05, 0.1) is 16.4 Å². The van der Waals surface area contributed by atoms with Crippen LogP contribution in [-0.2, 0) is 9.59 Å². The Kier molecular flexibility index (Phi) is 5.50. The Balaban J connectivity index is 0.00000176. The quantitative estimate of drug-likeness (QED) is 0.784. The van der Waals surface area contributed by atoms with Crippen molar-refractivity contribution in [2.24, 2.45) is 0 Å². The van der Waals surface area contributed by atoms with E-state index in [4.69, 9.17) is 16.3 Å². The summed E-state index contributed by atoms with van der Waals surface area (Å²) >= 11 is 6.13. The number of fused-ring (bicyclic) bond motifs is 1. The van der Waals surface area contributed by atoms with Crippen LogP contribution < -0.4 is 20.7 Å². The van der Waals surface area contributed by atoms with Crippen LogP contribution in [0.3, 0.4) is 0 Å². The molecule has 2 aliphatic heterocycles. The minimum absolute atomic E-state index is 0. The van der Waals surface area contributed by atoms with Gasteiger partial charge in [0.15, 0.2) is 6.61 Å². The van der Waals surface area contributed by atoms with Crippen molar-refractivity contribution in [2.45, 2.75) is 25.3 Å². The highest BCUT2D eigenvalue weighted by Gasteiger charge is 2.21. The summed E-state index contributed by atoms with van der Waals surface area (Å²) in [6.07, 6.45) is 2.54. The van der Waals surface area contributed by atoms with Crippen LogP contribution in [-0.4, -0.2) is 31.0 Å². The van der Waals surface area contributed by atoms with Gasteiger partial charge >= 0.3 is 0 Å². The fraction of sp³-hybridized carbons (Fsp3) is 0.429. The zero-order chi connectivity index (χ0) is 14.8. The summed E-state index contributed by atoms with van der Waals surface area (Å²) < 4.78 is 5.31. The molecule has 0 aromatic heterocycles. The van der Waals surface area contributed by atoms with E-state index in [2.05, 4.69) is 16.0 Å². The van der Waals surface area contributed by atoms with Crippen LogP contribution in [0.5, 0.6) is 5.75 Å². The number of anilines is 2. The molecule has 0 spiro atoms. The van der Waals surface area contributed by atoms with E-state index in [-0.39, 0.29) is 36.9 Å². The second kappa shape index (κ2) is 7.17. The highest BCUT2D eigenvalue weighted by atomic mass is 35.5. The van der Waals surface area contributed by atoms with Crippen molar-refractivity contribution in [3.63, 3.8) is 0 Å². The molecule has 2 heterocycles. The van der Waals surface area contributed by atoms with Gasteiger partial charge in [-0.05, 0) is 25.5 Å². The van der Waals surface area contributed by atoms with E-state index in [9.17, 15) is 9.59 Å². The smallest absolute Gasteiger partial charge is 0.262 e. The third-order valence-corrected chi connectivity index (χ3v) is 3.88. The van der Waals surface area contributed by atoms with Gasteiger partial charge in [0.25, 0.3) is 5.91 Å². The van der Waals surface area contributed by atoms with Crippen molar-refractivity contribution in [3.8, 4) is 5.75 Å². The molecule has 8 heteroatoms. The van der Waals surface area contributed by atoms with E-state index >= 15 is 0 Å². The maximum absolute atomic E-state index is 12.0. The van der Waals surface area contributed by atoms with Crippen molar-refractivity contribution in [1.82, 2.24) is 5.32 Å². The van der Waals surface area contributed by atoms with E-state index < -0.39 is 0 Å². The summed E-state index contributed by atoms with van der Waals surface area (Å²) in [7, 11) is 0. The molecule has 1 fully saturated rings. The molecule has 0 saturated carbocycles. The van der Waals surface area contributed by atoms with Crippen molar-refractivity contribution in [3.05, 3.63) is 17.2 Å². The van der Waals surface area contributed by atoms with Crippen LogP contribution in [0.15, 0.2) is 12.1 Å². The van der Waals surface area contributed by atoms with E-state index in [0.717, 1.165) is 19.4 Å². The van der Waals surface area contributed by atoms with E-state index in [1.54, 1.807) is 12.1 Å². The molecule has 2 amide bonds. The largest absolute Gasteiger partial charge is 0.482 e. The molecule has 1 unspecified atom stereocenters. The third-order valence-electron chi connectivity index (χ3n) is 3.57. The lowest BCUT2D eigenvalue weighted by atomic mass is 10.1. The van der Waals surface area contributed by atoms with Crippen LogP contribution in [0, 0.1) is 0 Å². The number of ether oxygens (including phenoxy) is 1. The van der Waals surface area contributed by atoms with Gasteiger partial charge in [-0.25, -0.2) is 0 Å². The summed E-state index contributed by atoms with van der Waals surface area (Å²) in [5.74, 6) is 0.201. The Bertz CT molecular complexity index is 589. The molecule has 2 aliphatic rings. The predicted octanol–water partition coefficient (Wildman–Crippen LogP) is 2.17. The van der Waals surface area contributed by atoms with Crippen LogP contribution in [0.4, 0.5) is 11.4 Å². The molecule has 3 N–H and O–H groups in total. The number of rotatable bonds is 3. The lowest BCUT2D eigenvalue weighted by Crippen LogP contribution is -2.28. The monoisotopic (exact) mass is 345 g/mol. The molecule has 1 saturated heterocycles. The Morgan fingerprint density at radius 3 is 3.00 bits per heavy atom. The number of carbonyl (C=O) groups is 2. The molecule has 6 nitrogen and oxygen atoms in total. The summed E-state index contributed by atoms with van der Waals surface area (Å²) in [6, 6.07) is 3.45. The first kappa shape index (κ1) is 16.9. The SMILES string of the molecule is Cl.O=C(CC1CCCN1)Nc1cc2c(cc1Cl)NC(=O)CO2. The highest BCUT2D eigenvalue weighted by molar-refractivity contribution is 6.34. The maximum Gasteiger partial charge on any atom is 0.262 e. The van der Waals surface area contributed by atoms with E-state index in [1.807, 2.05) is 0 Å². The van der Waals surface area contributed by atoms with E-state index in [1.165, 1.54) is 0 Å². The van der Waals surface area contributed by atoms with Crippen LogP contribution in [0.1, 0.15) is 19.3 Å². The molecule has 0 aliphatic carbocycles. The molecule has 3 rings (SSSR count). The number of halogens is 2. The Labute approximate surface area is 139 Å². The summed E-state index contributed by atoms with van der Waals surface area (Å²) in [5, 5.41) is 9.11. The number of benzene rings is 1. The topological polar surface area (TPSA) is 79.5 Å². The van der Waals surface area contributed by atoms with Gasteiger partial charge in [-0.2, -0.15) is 0 Å². The van der Waals surface area contributed by atoms with Crippen LogP contribution in [0.2, 0.25) is 5.02 Å². The van der Waals surface area contributed by atoms with Crippen LogP contribution in [0.25, 0.3) is 0 Å². The molecule has 1 atom stereocenters. The number of nitrogens with one attached hydrogen (secondary N) is 3. The molecule has 0 radical (unpaired) electrons. The number of carbonyl (C=O) groups excluding carboxylic acids is 2. The fourth-order valence-electron chi connectivity index (χ4n) is 2.55. The lowest BCUT2D eigenvalue weighted by Gasteiger charge is -2.20. The second-order valence-electron chi connectivity index (χ2n) is 5.21. The molecular formula is C14H17Cl2N3O3. The minimum Gasteiger partial charge on any atom is -0.482 e. The molecule has 120 valence electrons. The van der Waals surface area contributed by atoms with E-state index in [0.29, 0.717) is 28.6 Å². The van der Waals surface area contributed by atoms with Gasteiger partial charge in [0.1, 0.15) is 5.75 Å². The molecular weight excluding hydrogens is 329 g/mol. The highest BCUT2D eigenvalue weighted by Crippen LogP contribution is 2.36. The number of amides is 2. The average molecular weight is 346 g/mol. The molecule has 22 heavy (non-hydrogen) atoms. The number of hydrogen-bond acceptors (Lipinski definition) is 4. The summed E-state index contributed by atoms with van der Waals surface area (Å²) in [6.45, 7) is 0.930. The van der Waals surface area contributed by atoms with Crippen LogP contribution >= 0.6 is 24.0 Å². The second-order valence-corrected chi connectivity index (χ2v) is 5.62. The minimum atomic E-state index is -0.220. The Morgan fingerprint density at radius 1 is 1.45 bits per heavy atom. The van der Waals surface area contributed by atoms with Crippen molar-refractivity contribution in [2.75, 3.05) is 23.8 Å². The summed E-state index contributed by atoms with van der Waals surface area (Å²) in [5.41, 5.74) is 1.02. The molecule has 1 aromatic rings. The fourth-order valence-corrected chi connectivity index (χ4v) is 2.76. The van der Waals surface area contributed by atoms with Gasteiger partial charge in [-0.3, -0.25) is 9.59 Å². The zero-order valence-electron chi connectivity index (χ0n) is 11.8. The average Bonchev–Trinajstić information content (AvgIpc) is 2.92. The first-order valence-electron chi connectivity index (χ1n) is 6.91. The lowest BCUT2D eigenvalue weighted by molar-refractivity contribution is -0.119. The standard InChI is InChI=1S/C14H16ClN3O3.ClH/c15-9-5-11-12(21-7-14(20)18-11)6-10(9)17-13(19)4-8-2-1-3-16-8;/h5-6,8,16H,1-4,7H2,(H,17,19)(H,18,20);1H. The zero-order valence-corrected chi connectivity index (χ0v) is 13.4. The Morgan fingerprint density at radius 2 is 2.27 bits per heavy atom.